The molecule has 0 aliphatic carbocycles. The SMILES string of the molecule is Cc1ccc(-c2cc(N(c3ccccc3C)S(=O)O)c(C(=O)OC(C)(C)C)s2)cc1. The smallest absolute Gasteiger partial charge is 0.351 e. The number of anilines is 2. The van der Waals surface area contributed by atoms with E-state index in [0.29, 0.717) is 11.4 Å². The van der Waals surface area contributed by atoms with Gasteiger partial charge >= 0.3 is 5.97 Å². The minimum atomic E-state index is -2.38. The highest BCUT2D eigenvalue weighted by Gasteiger charge is 2.29. The summed E-state index contributed by atoms with van der Waals surface area (Å²) in [5.74, 6) is -0.523. The number of hydrogen-bond acceptors (Lipinski definition) is 4. The van der Waals surface area contributed by atoms with Gasteiger partial charge in [0.1, 0.15) is 10.5 Å². The number of benzene rings is 2. The average Bonchev–Trinajstić information content (AvgIpc) is 3.07. The van der Waals surface area contributed by atoms with Crippen molar-refractivity contribution in [3.63, 3.8) is 0 Å². The second-order valence-corrected chi connectivity index (χ2v) is 9.88. The van der Waals surface area contributed by atoms with Gasteiger partial charge in [0.25, 0.3) is 11.3 Å². The number of carbonyl (C=O) groups excluding carboxylic acids is 1. The molecular formula is C23H25NO4S2. The molecule has 0 saturated carbocycles. The van der Waals surface area contributed by atoms with Crippen LogP contribution < -0.4 is 4.31 Å². The Morgan fingerprint density at radius 1 is 1.03 bits per heavy atom. The highest BCUT2D eigenvalue weighted by Crippen LogP contribution is 2.42. The van der Waals surface area contributed by atoms with Crippen molar-refractivity contribution in [1.82, 2.24) is 0 Å². The van der Waals surface area contributed by atoms with Gasteiger partial charge in [0, 0.05) is 4.88 Å². The van der Waals surface area contributed by atoms with Crippen LogP contribution in [0.1, 0.15) is 41.6 Å². The molecule has 1 N–H and O–H groups in total. The van der Waals surface area contributed by atoms with Crippen LogP contribution in [0.15, 0.2) is 54.6 Å². The lowest BCUT2D eigenvalue weighted by molar-refractivity contribution is 0.00762. The van der Waals surface area contributed by atoms with E-state index in [9.17, 15) is 13.6 Å². The zero-order valence-corrected chi connectivity index (χ0v) is 19.3. The molecule has 0 aliphatic rings. The lowest BCUT2D eigenvalue weighted by Crippen LogP contribution is -2.26. The number of esters is 1. The summed E-state index contributed by atoms with van der Waals surface area (Å²) in [6.07, 6.45) is 0. The maximum absolute atomic E-state index is 13.0. The molecule has 7 heteroatoms. The predicted octanol–water partition coefficient (Wildman–Crippen LogP) is 6.26. The fourth-order valence-corrected chi connectivity index (χ4v) is 4.72. The topological polar surface area (TPSA) is 66.8 Å². The fraction of sp³-hybridized carbons (Fsp3) is 0.261. The van der Waals surface area contributed by atoms with E-state index in [1.165, 1.54) is 15.6 Å². The van der Waals surface area contributed by atoms with Crippen LogP contribution in [-0.2, 0) is 16.0 Å². The first-order chi connectivity index (χ1) is 14.1. The van der Waals surface area contributed by atoms with Crippen molar-refractivity contribution in [2.24, 2.45) is 0 Å². The van der Waals surface area contributed by atoms with Gasteiger partial charge in [0.15, 0.2) is 0 Å². The second-order valence-electron chi connectivity index (χ2n) is 8.00. The molecule has 0 aliphatic heterocycles. The summed E-state index contributed by atoms with van der Waals surface area (Å²) >= 11 is -1.13. The third-order valence-electron chi connectivity index (χ3n) is 4.34. The Morgan fingerprint density at radius 2 is 1.67 bits per heavy atom. The van der Waals surface area contributed by atoms with E-state index in [1.54, 1.807) is 39.0 Å². The van der Waals surface area contributed by atoms with E-state index >= 15 is 0 Å². The molecule has 1 heterocycles. The lowest BCUT2D eigenvalue weighted by atomic mass is 10.1. The van der Waals surface area contributed by atoms with E-state index in [2.05, 4.69) is 0 Å². The monoisotopic (exact) mass is 443 g/mol. The third-order valence-corrected chi connectivity index (χ3v) is 6.20. The van der Waals surface area contributed by atoms with Crippen molar-refractivity contribution >= 4 is 39.9 Å². The van der Waals surface area contributed by atoms with Crippen molar-refractivity contribution in [3.05, 3.63) is 70.6 Å². The second kappa shape index (κ2) is 8.71. The van der Waals surface area contributed by atoms with Crippen LogP contribution in [0, 0.1) is 13.8 Å². The quantitative estimate of drug-likeness (QED) is 0.373. The summed E-state index contributed by atoms with van der Waals surface area (Å²) in [4.78, 5) is 14.1. The van der Waals surface area contributed by atoms with Gasteiger partial charge in [-0.3, -0.25) is 4.55 Å². The van der Waals surface area contributed by atoms with Crippen LogP contribution in [0.4, 0.5) is 11.4 Å². The van der Waals surface area contributed by atoms with Gasteiger partial charge in [-0.05, 0) is 57.9 Å². The molecule has 2 aromatic carbocycles. The Balaban J connectivity index is 2.19. The van der Waals surface area contributed by atoms with Gasteiger partial charge in [-0.25, -0.2) is 13.3 Å². The van der Waals surface area contributed by atoms with Gasteiger partial charge < -0.3 is 4.74 Å². The number of thiophene rings is 1. The number of para-hydroxylation sites is 1. The standard InChI is InChI=1S/C23H25NO4S2/c1-15-10-12-17(13-11-15)20-14-19(21(29-20)22(25)28-23(3,4)5)24(30(26)27)18-9-7-6-8-16(18)2/h6-14H,1-5H3,(H,26,27). The minimum absolute atomic E-state index is 0.283. The molecule has 1 unspecified atom stereocenters. The van der Waals surface area contributed by atoms with Gasteiger partial charge in [-0.1, -0.05) is 48.0 Å². The van der Waals surface area contributed by atoms with E-state index in [0.717, 1.165) is 21.6 Å². The first kappa shape index (κ1) is 22.2. The Morgan fingerprint density at radius 3 is 2.23 bits per heavy atom. The van der Waals surface area contributed by atoms with Gasteiger partial charge in [-0.15, -0.1) is 11.3 Å². The highest BCUT2D eigenvalue weighted by atomic mass is 32.2. The normalized spacial score (nSPS) is 12.5. The number of hydrogen-bond donors (Lipinski definition) is 1. The fourth-order valence-electron chi connectivity index (χ4n) is 2.95. The van der Waals surface area contributed by atoms with Crippen LogP contribution >= 0.6 is 11.3 Å². The Labute approximate surface area is 183 Å². The molecule has 3 rings (SSSR count). The molecule has 30 heavy (non-hydrogen) atoms. The molecule has 1 atom stereocenters. The van der Waals surface area contributed by atoms with Crippen molar-refractivity contribution in [3.8, 4) is 10.4 Å². The summed E-state index contributed by atoms with van der Waals surface area (Å²) in [5.41, 5.74) is 3.08. The molecular weight excluding hydrogens is 418 g/mol. The molecule has 1 aromatic heterocycles. The van der Waals surface area contributed by atoms with Crippen molar-refractivity contribution in [2.45, 2.75) is 40.2 Å². The summed E-state index contributed by atoms with van der Waals surface area (Å²) in [5, 5.41) is 0. The highest BCUT2D eigenvalue weighted by molar-refractivity contribution is 7.81. The maximum atomic E-state index is 13.0. The number of aryl methyl sites for hydroxylation is 2. The van der Waals surface area contributed by atoms with Crippen molar-refractivity contribution in [2.75, 3.05) is 4.31 Å². The van der Waals surface area contributed by atoms with Gasteiger partial charge in [0.2, 0.25) is 0 Å². The third kappa shape index (κ3) is 4.98. The first-order valence-electron chi connectivity index (χ1n) is 9.48. The van der Waals surface area contributed by atoms with E-state index < -0.39 is 22.8 Å². The Bertz CT molecular complexity index is 1080. The molecule has 0 amide bonds. The van der Waals surface area contributed by atoms with E-state index in [4.69, 9.17) is 4.74 Å². The molecule has 5 nitrogen and oxygen atoms in total. The van der Waals surface area contributed by atoms with Crippen LogP contribution in [0.25, 0.3) is 10.4 Å². The van der Waals surface area contributed by atoms with E-state index in [1.807, 2.05) is 50.2 Å². The van der Waals surface area contributed by atoms with Crippen molar-refractivity contribution < 1.29 is 18.3 Å². The lowest BCUT2D eigenvalue weighted by Gasteiger charge is -2.23. The van der Waals surface area contributed by atoms with Crippen LogP contribution in [-0.4, -0.2) is 20.3 Å². The van der Waals surface area contributed by atoms with Gasteiger partial charge in [0.05, 0.1) is 11.4 Å². The first-order valence-corrected chi connectivity index (χ1v) is 11.4. The molecule has 3 aromatic rings. The van der Waals surface area contributed by atoms with E-state index in [-0.39, 0.29) is 4.88 Å². The minimum Gasteiger partial charge on any atom is -0.456 e. The number of nitrogens with zero attached hydrogens (tertiary/aromatic N) is 1. The van der Waals surface area contributed by atoms with Crippen LogP contribution in [0.2, 0.25) is 0 Å². The molecule has 0 radical (unpaired) electrons. The molecule has 158 valence electrons. The van der Waals surface area contributed by atoms with Gasteiger partial charge in [-0.2, -0.15) is 0 Å². The Kier molecular flexibility index (Phi) is 6.45. The zero-order valence-electron chi connectivity index (χ0n) is 17.6. The zero-order chi connectivity index (χ0) is 22.1. The summed E-state index contributed by atoms with van der Waals surface area (Å²) < 4.78 is 29.4. The largest absolute Gasteiger partial charge is 0.456 e. The maximum Gasteiger partial charge on any atom is 0.351 e. The molecule has 0 spiro atoms. The number of carbonyl (C=O) groups is 1. The summed E-state index contributed by atoms with van der Waals surface area (Å²) in [6.45, 7) is 9.24. The van der Waals surface area contributed by atoms with Crippen LogP contribution in [0.5, 0.6) is 0 Å². The Hall–Kier alpha value is -2.48. The molecule has 0 bridgehead atoms. The summed E-state index contributed by atoms with van der Waals surface area (Å²) in [6, 6.07) is 17.0. The predicted molar refractivity (Wildman–Crippen MR) is 124 cm³/mol. The number of ether oxygens (including phenoxy) is 1. The van der Waals surface area contributed by atoms with Crippen molar-refractivity contribution in [1.29, 1.82) is 0 Å². The molecule has 0 saturated heterocycles. The molecule has 0 fully saturated rings. The summed E-state index contributed by atoms with van der Waals surface area (Å²) in [7, 11) is 0. The average molecular weight is 444 g/mol. The number of rotatable bonds is 5. The van der Waals surface area contributed by atoms with Crippen LogP contribution in [0.3, 0.4) is 0 Å².